The number of carbonyl (C=O) groups is 1. The Hall–Kier alpha value is -1.92. The number of rotatable bonds is 1. The fourth-order valence-corrected chi connectivity index (χ4v) is 2.17. The molecule has 0 radical (unpaired) electrons. The molecule has 1 aliphatic rings. The number of hydrogen-bond acceptors (Lipinski definition) is 3. The molecule has 0 aliphatic carbocycles. The molecule has 4 nitrogen and oxygen atoms in total. The first kappa shape index (κ1) is 14.5. The highest BCUT2D eigenvalue weighted by atomic mass is 19.4. The lowest BCUT2D eigenvalue weighted by Crippen LogP contribution is -2.52. The number of anilines is 2. The Morgan fingerprint density at radius 3 is 2.30 bits per heavy atom. The van der Waals surface area contributed by atoms with Gasteiger partial charge in [0.25, 0.3) is 0 Å². The summed E-state index contributed by atoms with van der Waals surface area (Å²) in [5, 5.41) is 0. The van der Waals surface area contributed by atoms with Crippen LogP contribution < -0.4 is 10.6 Å². The lowest BCUT2D eigenvalue weighted by Gasteiger charge is -2.36. The third-order valence-electron chi connectivity index (χ3n) is 3.44. The average Bonchev–Trinajstić information content (AvgIpc) is 2.40. The Morgan fingerprint density at radius 2 is 1.80 bits per heavy atom. The standard InChI is InChI=1S/C13H16F3N3O/c1-9-2-3-10(8-11(9)17)18-4-6-19(7-5-18)12(20)13(14,15)16/h2-3,8H,4-7,17H2,1H3. The summed E-state index contributed by atoms with van der Waals surface area (Å²) in [5.41, 5.74) is 8.30. The summed E-state index contributed by atoms with van der Waals surface area (Å²) in [4.78, 5) is 13.9. The first-order valence-corrected chi connectivity index (χ1v) is 6.26. The number of aryl methyl sites for hydroxylation is 1. The van der Waals surface area contributed by atoms with Crippen LogP contribution in [-0.2, 0) is 4.79 Å². The van der Waals surface area contributed by atoms with Gasteiger partial charge in [0, 0.05) is 37.6 Å². The fraction of sp³-hybridized carbons (Fsp3) is 0.462. The van der Waals surface area contributed by atoms with E-state index in [-0.39, 0.29) is 13.1 Å². The highest BCUT2D eigenvalue weighted by molar-refractivity contribution is 5.82. The SMILES string of the molecule is Cc1ccc(N2CCN(C(=O)C(F)(F)F)CC2)cc1N. The van der Waals surface area contributed by atoms with Crippen LogP contribution >= 0.6 is 0 Å². The number of alkyl halides is 3. The number of nitrogens with two attached hydrogens (primary N) is 1. The van der Waals surface area contributed by atoms with Crippen LogP contribution in [0.1, 0.15) is 5.56 Å². The van der Waals surface area contributed by atoms with Gasteiger partial charge < -0.3 is 15.5 Å². The van der Waals surface area contributed by atoms with Crippen LogP contribution in [0.15, 0.2) is 18.2 Å². The van der Waals surface area contributed by atoms with Crippen molar-refractivity contribution in [3.05, 3.63) is 23.8 Å². The predicted octanol–water partition coefficient (Wildman–Crippen LogP) is 1.79. The van der Waals surface area contributed by atoms with Crippen LogP contribution in [0.4, 0.5) is 24.5 Å². The Morgan fingerprint density at radius 1 is 1.20 bits per heavy atom. The van der Waals surface area contributed by atoms with Crippen molar-refractivity contribution in [1.82, 2.24) is 4.90 Å². The van der Waals surface area contributed by atoms with E-state index in [2.05, 4.69) is 0 Å². The maximum absolute atomic E-state index is 12.3. The molecule has 0 aromatic heterocycles. The highest BCUT2D eigenvalue weighted by Crippen LogP contribution is 2.24. The third-order valence-corrected chi connectivity index (χ3v) is 3.44. The number of amides is 1. The molecule has 110 valence electrons. The van der Waals surface area contributed by atoms with E-state index in [1.807, 2.05) is 24.0 Å². The van der Waals surface area contributed by atoms with Gasteiger partial charge in [-0.05, 0) is 24.6 Å². The van der Waals surface area contributed by atoms with Gasteiger partial charge in [-0.2, -0.15) is 13.2 Å². The van der Waals surface area contributed by atoms with Crippen LogP contribution in [-0.4, -0.2) is 43.2 Å². The van der Waals surface area contributed by atoms with Crippen molar-refractivity contribution in [2.75, 3.05) is 36.8 Å². The minimum absolute atomic E-state index is 0.0616. The van der Waals surface area contributed by atoms with Gasteiger partial charge in [0.15, 0.2) is 0 Å². The molecule has 1 fully saturated rings. The van der Waals surface area contributed by atoms with Gasteiger partial charge in [0.2, 0.25) is 0 Å². The van der Waals surface area contributed by atoms with Crippen LogP contribution in [0.3, 0.4) is 0 Å². The zero-order valence-electron chi connectivity index (χ0n) is 11.1. The number of hydrogen-bond donors (Lipinski definition) is 1. The monoisotopic (exact) mass is 287 g/mol. The molecule has 1 aromatic carbocycles. The fourth-order valence-electron chi connectivity index (χ4n) is 2.17. The van der Waals surface area contributed by atoms with Crippen molar-refractivity contribution < 1.29 is 18.0 Å². The summed E-state index contributed by atoms with van der Waals surface area (Å²) in [6, 6.07) is 5.56. The molecule has 0 spiro atoms. The summed E-state index contributed by atoms with van der Waals surface area (Å²) < 4.78 is 37.0. The summed E-state index contributed by atoms with van der Waals surface area (Å²) in [7, 11) is 0. The molecule has 2 rings (SSSR count). The quantitative estimate of drug-likeness (QED) is 0.801. The number of carbonyl (C=O) groups excluding carboxylic acids is 1. The minimum atomic E-state index is -4.80. The molecular weight excluding hydrogens is 271 g/mol. The molecule has 1 amide bonds. The average molecular weight is 287 g/mol. The Bertz CT molecular complexity index is 508. The molecule has 1 aliphatic heterocycles. The number of halogens is 3. The number of nitrogen functional groups attached to an aromatic ring is 1. The summed E-state index contributed by atoms with van der Waals surface area (Å²) in [6.07, 6.45) is -4.80. The van der Waals surface area contributed by atoms with Crippen molar-refractivity contribution in [1.29, 1.82) is 0 Å². The first-order chi connectivity index (χ1) is 9.29. The second kappa shape index (κ2) is 5.22. The highest BCUT2D eigenvalue weighted by Gasteiger charge is 2.43. The van der Waals surface area contributed by atoms with Crippen LogP contribution in [0.2, 0.25) is 0 Å². The van der Waals surface area contributed by atoms with Gasteiger partial charge >= 0.3 is 12.1 Å². The van der Waals surface area contributed by atoms with Crippen LogP contribution in [0.5, 0.6) is 0 Å². The van der Waals surface area contributed by atoms with Crippen molar-refractivity contribution in [3.8, 4) is 0 Å². The van der Waals surface area contributed by atoms with Gasteiger partial charge in [0.1, 0.15) is 0 Å². The van der Waals surface area contributed by atoms with E-state index in [0.29, 0.717) is 18.8 Å². The second-order valence-corrected chi connectivity index (χ2v) is 4.82. The molecule has 7 heteroatoms. The maximum atomic E-state index is 12.3. The minimum Gasteiger partial charge on any atom is -0.398 e. The first-order valence-electron chi connectivity index (χ1n) is 6.26. The molecule has 0 bridgehead atoms. The normalized spacial score (nSPS) is 16.4. The number of benzene rings is 1. The molecule has 0 saturated carbocycles. The summed E-state index contributed by atoms with van der Waals surface area (Å²) in [6.45, 7) is 2.74. The van der Waals surface area contributed by atoms with E-state index in [1.54, 1.807) is 6.07 Å². The lowest BCUT2D eigenvalue weighted by molar-refractivity contribution is -0.185. The number of nitrogens with zero attached hydrogens (tertiary/aromatic N) is 2. The Kier molecular flexibility index (Phi) is 3.78. The van der Waals surface area contributed by atoms with Crippen molar-refractivity contribution in [3.63, 3.8) is 0 Å². The Balaban J connectivity index is 2.01. The largest absolute Gasteiger partial charge is 0.471 e. The van der Waals surface area contributed by atoms with Gasteiger partial charge in [-0.3, -0.25) is 4.79 Å². The molecule has 0 atom stereocenters. The van der Waals surface area contributed by atoms with E-state index < -0.39 is 12.1 Å². The van der Waals surface area contributed by atoms with Crippen molar-refractivity contribution in [2.24, 2.45) is 0 Å². The molecule has 1 aromatic rings. The van der Waals surface area contributed by atoms with Crippen molar-refractivity contribution in [2.45, 2.75) is 13.1 Å². The second-order valence-electron chi connectivity index (χ2n) is 4.82. The van der Waals surface area contributed by atoms with E-state index >= 15 is 0 Å². The molecule has 2 N–H and O–H groups in total. The van der Waals surface area contributed by atoms with Gasteiger partial charge in [-0.15, -0.1) is 0 Å². The van der Waals surface area contributed by atoms with Gasteiger partial charge in [0.05, 0.1) is 0 Å². The Labute approximate surface area is 114 Å². The van der Waals surface area contributed by atoms with E-state index in [9.17, 15) is 18.0 Å². The van der Waals surface area contributed by atoms with Crippen LogP contribution in [0.25, 0.3) is 0 Å². The molecule has 20 heavy (non-hydrogen) atoms. The van der Waals surface area contributed by atoms with E-state index in [1.165, 1.54) is 0 Å². The predicted molar refractivity (Wildman–Crippen MR) is 70.4 cm³/mol. The summed E-state index contributed by atoms with van der Waals surface area (Å²) >= 11 is 0. The third kappa shape index (κ3) is 2.97. The zero-order chi connectivity index (χ0) is 14.9. The summed E-state index contributed by atoms with van der Waals surface area (Å²) in [5.74, 6) is -1.76. The van der Waals surface area contributed by atoms with Gasteiger partial charge in [-0.25, -0.2) is 0 Å². The van der Waals surface area contributed by atoms with E-state index in [4.69, 9.17) is 5.73 Å². The molecular formula is C13H16F3N3O. The van der Waals surface area contributed by atoms with E-state index in [0.717, 1.165) is 16.2 Å². The van der Waals surface area contributed by atoms with Gasteiger partial charge in [-0.1, -0.05) is 6.07 Å². The number of piperazine rings is 1. The molecule has 0 unspecified atom stereocenters. The van der Waals surface area contributed by atoms with Crippen LogP contribution in [0, 0.1) is 6.92 Å². The topological polar surface area (TPSA) is 49.6 Å². The lowest BCUT2D eigenvalue weighted by atomic mass is 10.1. The zero-order valence-corrected chi connectivity index (χ0v) is 11.1. The van der Waals surface area contributed by atoms with Crippen molar-refractivity contribution >= 4 is 17.3 Å². The molecule has 1 saturated heterocycles. The maximum Gasteiger partial charge on any atom is 0.471 e. The smallest absolute Gasteiger partial charge is 0.398 e. The molecule has 1 heterocycles.